The van der Waals surface area contributed by atoms with Gasteiger partial charge in [0.25, 0.3) is 5.91 Å². The van der Waals surface area contributed by atoms with E-state index >= 15 is 0 Å². The zero-order valence-electron chi connectivity index (χ0n) is 17.1. The molecule has 0 bridgehead atoms. The number of carbonyl (C=O) groups is 1. The first-order chi connectivity index (χ1) is 13.2. The average Bonchev–Trinajstić information content (AvgIpc) is 3.06. The zero-order chi connectivity index (χ0) is 18.8. The normalized spacial score (nSPS) is 24.9. The number of fused-ring (bicyclic) bond motifs is 1. The molecule has 3 saturated heterocycles. The molecule has 1 N–H and O–H groups in total. The van der Waals surface area contributed by atoms with Crippen LogP contribution in [0, 0.1) is 17.7 Å². The lowest BCUT2D eigenvalue weighted by atomic mass is 9.92. The minimum Gasteiger partial charge on any atom is -0.367 e. The summed E-state index contributed by atoms with van der Waals surface area (Å²) in [6.07, 6.45) is 2.09. The second-order valence-electron chi connectivity index (χ2n) is 8.14. The minimum atomic E-state index is -0.276. The maximum Gasteiger partial charge on any atom is 0.253 e. The first-order valence-electron chi connectivity index (χ1n) is 10.4. The summed E-state index contributed by atoms with van der Waals surface area (Å²) in [7, 11) is 0. The molecule has 0 spiro atoms. The van der Waals surface area contributed by atoms with Gasteiger partial charge in [-0.25, -0.2) is 4.39 Å². The summed E-state index contributed by atoms with van der Waals surface area (Å²) in [6.45, 7) is 10.5. The van der Waals surface area contributed by atoms with Gasteiger partial charge in [-0.15, -0.1) is 24.8 Å². The molecule has 0 saturated carbocycles. The summed E-state index contributed by atoms with van der Waals surface area (Å²) in [5.74, 6) is 1.07. The SMILES string of the molecule is CCN1CCN(c2ccc(C(=O)N3CC[C@@H]4CNC[C@@H]4CC3)cc2F)CC1.Cl.Cl. The highest BCUT2D eigenvalue weighted by Crippen LogP contribution is 2.28. The molecule has 0 aromatic heterocycles. The molecule has 8 heteroatoms. The van der Waals surface area contributed by atoms with E-state index < -0.39 is 0 Å². The molecule has 0 radical (unpaired) electrons. The maximum absolute atomic E-state index is 14.8. The van der Waals surface area contributed by atoms with Crippen LogP contribution in [0.3, 0.4) is 0 Å². The van der Waals surface area contributed by atoms with Crippen LogP contribution >= 0.6 is 24.8 Å². The molecule has 1 aromatic carbocycles. The molecule has 3 heterocycles. The summed E-state index contributed by atoms with van der Waals surface area (Å²) >= 11 is 0. The van der Waals surface area contributed by atoms with Crippen molar-refractivity contribution in [2.24, 2.45) is 11.8 Å². The Labute approximate surface area is 185 Å². The van der Waals surface area contributed by atoms with Crippen LogP contribution in [0.4, 0.5) is 10.1 Å². The Morgan fingerprint density at radius 1 is 1.03 bits per heavy atom. The summed E-state index contributed by atoms with van der Waals surface area (Å²) in [4.78, 5) is 19.3. The van der Waals surface area contributed by atoms with Gasteiger partial charge in [0.15, 0.2) is 0 Å². The minimum absolute atomic E-state index is 0. The zero-order valence-corrected chi connectivity index (χ0v) is 18.7. The van der Waals surface area contributed by atoms with Gasteiger partial charge in [-0.3, -0.25) is 4.79 Å². The molecule has 0 aliphatic carbocycles. The van der Waals surface area contributed by atoms with Gasteiger partial charge in [-0.05, 0) is 62.5 Å². The number of likely N-dealkylation sites (tertiary alicyclic amines) is 1. The van der Waals surface area contributed by atoms with Gasteiger partial charge >= 0.3 is 0 Å². The van der Waals surface area contributed by atoms with E-state index in [9.17, 15) is 9.18 Å². The average molecular weight is 447 g/mol. The molecule has 29 heavy (non-hydrogen) atoms. The van der Waals surface area contributed by atoms with E-state index in [1.165, 1.54) is 6.07 Å². The first kappa shape index (κ1) is 24.2. The van der Waals surface area contributed by atoms with Crippen molar-refractivity contribution in [3.63, 3.8) is 0 Å². The summed E-state index contributed by atoms with van der Waals surface area (Å²) in [5, 5.41) is 3.46. The molecule has 3 aliphatic rings. The van der Waals surface area contributed by atoms with Gasteiger partial charge in [-0.1, -0.05) is 6.92 Å². The molecular weight excluding hydrogens is 414 g/mol. The van der Waals surface area contributed by atoms with Gasteiger partial charge in [0.2, 0.25) is 0 Å². The van der Waals surface area contributed by atoms with Crippen molar-refractivity contribution in [3.05, 3.63) is 29.6 Å². The number of carbonyl (C=O) groups excluding carboxylic acids is 1. The fourth-order valence-corrected chi connectivity index (χ4v) is 4.81. The number of nitrogens with one attached hydrogen (secondary N) is 1. The highest BCUT2D eigenvalue weighted by Gasteiger charge is 2.32. The molecule has 1 amide bonds. The third-order valence-electron chi connectivity index (χ3n) is 6.66. The predicted octanol–water partition coefficient (Wildman–Crippen LogP) is 2.88. The third-order valence-corrected chi connectivity index (χ3v) is 6.66. The van der Waals surface area contributed by atoms with Gasteiger partial charge < -0.3 is 20.0 Å². The number of anilines is 1. The van der Waals surface area contributed by atoms with Gasteiger partial charge in [0.05, 0.1) is 5.69 Å². The number of benzene rings is 1. The van der Waals surface area contributed by atoms with E-state index in [0.29, 0.717) is 23.1 Å². The third kappa shape index (κ3) is 5.35. The number of nitrogens with zero attached hydrogens (tertiary/aromatic N) is 3. The molecule has 3 fully saturated rings. The lowest BCUT2D eigenvalue weighted by Gasteiger charge is -2.35. The molecular formula is C21H33Cl2FN4O. The van der Waals surface area contributed by atoms with E-state index in [0.717, 1.165) is 71.7 Å². The molecule has 0 unspecified atom stereocenters. The molecule has 1 aromatic rings. The number of piperazine rings is 1. The van der Waals surface area contributed by atoms with Crippen LogP contribution in [0.2, 0.25) is 0 Å². The van der Waals surface area contributed by atoms with Gasteiger partial charge in [-0.2, -0.15) is 0 Å². The van der Waals surface area contributed by atoms with Crippen LogP contribution in [0.5, 0.6) is 0 Å². The quantitative estimate of drug-likeness (QED) is 0.774. The van der Waals surface area contributed by atoms with Crippen LogP contribution in [0.15, 0.2) is 18.2 Å². The van der Waals surface area contributed by atoms with Crippen LogP contribution in [-0.2, 0) is 0 Å². The van der Waals surface area contributed by atoms with E-state index in [2.05, 4.69) is 22.0 Å². The Morgan fingerprint density at radius 3 is 2.21 bits per heavy atom. The van der Waals surface area contributed by atoms with Crippen LogP contribution < -0.4 is 10.2 Å². The second kappa shape index (κ2) is 10.8. The Kier molecular flexibility index (Phi) is 9.01. The van der Waals surface area contributed by atoms with E-state index in [1.807, 2.05) is 4.90 Å². The van der Waals surface area contributed by atoms with E-state index in [-0.39, 0.29) is 36.5 Å². The number of hydrogen-bond acceptors (Lipinski definition) is 4. The van der Waals surface area contributed by atoms with Crippen molar-refractivity contribution in [3.8, 4) is 0 Å². The van der Waals surface area contributed by atoms with Gasteiger partial charge in [0.1, 0.15) is 5.82 Å². The lowest BCUT2D eigenvalue weighted by Crippen LogP contribution is -2.46. The second-order valence-corrected chi connectivity index (χ2v) is 8.14. The molecule has 164 valence electrons. The summed E-state index contributed by atoms with van der Waals surface area (Å²) < 4.78 is 14.8. The number of rotatable bonds is 3. The lowest BCUT2D eigenvalue weighted by molar-refractivity contribution is 0.0758. The van der Waals surface area contributed by atoms with Crippen molar-refractivity contribution < 1.29 is 9.18 Å². The summed E-state index contributed by atoms with van der Waals surface area (Å²) in [5.41, 5.74) is 1.10. The highest BCUT2D eigenvalue weighted by molar-refractivity contribution is 5.94. The molecule has 4 rings (SSSR count). The molecule has 5 nitrogen and oxygen atoms in total. The standard InChI is InChI=1S/C21H31FN4O.2ClH/c1-2-24-9-11-25(12-10-24)20-4-3-16(13-19(20)22)21(27)26-7-5-17-14-23-15-18(17)6-8-26;;/h3-4,13,17-18,23H,2,5-12,14-15H2,1H3;2*1H/t17-,18+;;. The smallest absolute Gasteiger partial charge is 0.253 e. The number of amides is 1. The fraction of sp³-hybridized carbons (Fsp3) is 0.667. The monoisotopic (exact) mass is 446 g/mol. The van der Waals surface area contributed by atoms with Gasteiger partial charge in [0, 0.05) is 44.8 Å². The highest BCUT2D eigenvalue weighted by atomic mass is 35.5. The van der Waals surface area contributed by atoms with Crippen molar-refractivity contribution in [2.45, 2.75) is 19.8 Å². The van der Waals surface area contributed by atoms with Crippen molar-refractivity contribution in [2.75, 3.05) is 63.8 Å². The Bertz CT molecular complexity index is 671. The Hall–Kier alpha value is -1.08. The molecule has 2 atom stereocenters. The van der Waals surface area contributed by atoms with Crippen molar-refractivity contribution in [1.82, 2.24) is 15.1 Å². The number of hydrogen-bond donors (Lipinski definition) is 1. The van der Waals surface area contributed by atoms with Crippen LogP contribution in [-0.4, -0.2) is 74.6 Å². The first-order valence-corrected chi connectivity index (χ1v) is 10.4. The summed E-state index contributed by atoms with van der Waals surface area (Å²) in [6, 6.07) is 5.04. The van der Waals surface area contributed by atoms with Crippen LogP contribution in [0.1, 0.15) is 30.1 Å². The fourth-order valence-electron chi connectivity index (χ4n) is 4.81. The van der Waals surface area contributed by atoms with Crippen LogP contribution in [0.25, 0.3) is 0 Å². The largest absolute Gasteiger partial charge is 0.367 e. The number of likely N-dealkylation sites (N-methyl/N-ethyl adjacent to an activating group) is 1. The van der Waals surface area contributed by atoms with Crippen molar-refractivity contribution >= 4 is 36.4 Å². The van der Waals surface area contributed by atoms with E-state index in [4.69, 9.17) is 0 Å². The number of halogens is 3. The molecule has 3 aliphatic heterocycles. The Morgan fingerprint density at radius 2 is 1.66 bits per heavy atom. The Balaban J connectivity index is 0.00000150. The van der Waals surface area contributed by atoms with Crippen molar-refractivity contribution in [1.29, 1.82) is 0 Å². The van der Waals surface area contributed by atoms with E-state index in [1.54, 1.807) is 12.1 Å². The predicted molar refractivity (Wildman–Crippen MR) is 120 cm³/mol. The maximum atomic E-state index is 14.8. The topological polar surface area (TPSA) is 38.8 Å².